The van der Waals surface area contributed by atoms with Crippen LogP contribution in [0.3, 0.4) is 0 Å². The molecule has 1 aromatic rings. The lowest BCUT2D eigenvalue weighted by atomic mass is 10.0. The summed E-state index contributed by atoms with van der Waals surface area (Å²) >= 11 is 5.89. The van der Waals surface area contributed by atoms with Crippen molar-refractivity contribution in [3.05, 3.63) is 34.1 Å². The predicted molar refractivity (Wildman–Crippen MR) is 53.3 cm³/mol. The van der Waals surface area contributed by atoms with Gasteiger partial charge in [0.1, 0.15) is 5.82 Å². The Balaban J connectivity index is 2.62. The van der Waals surface area contributed by atoms with Gasteiger partial charge in [0.15, 0.2) is 5.78 Å². The highest BCUT2D eigenvalue weighted by atomic mass is 35.5. The number of rotatable bonds is 0. The molecule has 0 N–H and O–H groups in total. The van der Waals surface area contributed by atoms with E-state index in [2.05, 4.69) is 0 Å². The van der Waals surface area contributed by atoms with Gasteiger partial charge in [-0.3, -0.25) is 4.79 Å². The van der Waals surface area contributed by atoms with Crippen molar-refractivity contribution in [1.29, 1.82) is 0 Å². The van der Waals surface area contributed by atoms with Crippen molar-refractivity contribution in [2.45, 2.75) is 25.7 Å². The van der Waals surface area contributed by atoms with E-state index in [-0.39, 0.29) is 11.6 Å². The fourth-order valence-electron chi connectivity index (χ4n) is 1.85. The van der Waals surface area contributed by atoms with E-state index in [0.717, 1.165) is 12.8 Å². The molecule has 0 saturated carbocycles. The van der Waals surface area contributed by atoms with E-state index in [0.29, 0.717) is 29.0 Å². The first-order chi connectivity index (χ1) is 6.70. The van der Waals surface area contributed by atoms with Crippen molar-refractivity contribution in [3.63, 3.8) is 0 Å². The zero-order valence-corrected chi connectivity index (χ0v) is 8.40. The van der Waals surface area contributed by atoms with E-state index in [4.69, 9.17) is 11.6 Å². The van der Waals surface area contributed by atoms with Gasteiger partial charge >= 0.3 is 0 Å². The Morgan fingerprint density at radius 3 is 2.71 bits per heavy atom. The third kappa shape index (κ3) is 1.55. The molecule has 1 aromatic carbocycles. The second-order valence-corrected chi connectivity index (χ2v) is 3.92. The number of carbonyl (C=O) groups is 1. The highest BCUT2D eigenvalue weighted by Gasteiger charge is 2.21. The van der Waals surface area contributed by atoms with Crippen LogP contribution >= 0.6 is 11.6 Å². The van der Waals surface area contributed by atoms with Crippen molar-refractivity contribution in [2.75, 3.05) is 0 Å². The number of benzene rings is 1. The first-order valence-corrected chi connectivity index (χ1v) is 5.08. The average molecular weight is 213 g/mol. The third-order valence-corrected chi connectivity index (χ3v) is 2.88. The van der Waals surface area contributed by atoms with Gasteiger partial charge in [-0.05, 0) is 31.4 Å². The molecule has 0 atom stereocenters. The van der Waals surface area contributed by atoms with E-state index in [1.54, 1.807) is 0 Å². The molecule has 0 heterocycles. The number of hydrogen-bond acceptors (Lipinski definition) is 1. The van der Waals surface area contributed by atoms with Crippen LogP contribution in [-0.4, -0.2) is 5.78 Å². The molecular formula is C11H10ClFO. The minimum atomic E-state index is -0.306. The number of halogens is 2. The van der Waals surface area contributed by atoms with Crippen LogP contribution in [0.2, 0.25) is 5.02 Å². The van der Waals surface area contributed by atoms with Crippen molar-refractivity contribution in [3.8, 4) is 0 Å². The second-order valence-electron chi connectivity index (χ2n) is 3.51. The lowest BCUT2D eigenvalue weighted by Gasteiger charge is -2.07. The topological polar surface area (TPSA) is 17.1 Å². The fraction of sp³-hybridized carbons (Fsp3) is 0.364. The van der Waals surface area contributed by atoms with E-state index in [9.17, 15) is 9.18 Å². The van der Waals surface area contributed by atoms with Crippen LogP contribution in [0.4, 0.5) is 4.39 Å². The molecule has 0 aromatic heterocycles. The normalized spacial score (nSPS) is 16.3. The zero-order chi connectivity index (χ0) is 10.1. The summed E-state index contributed by atoms with van der Waals surface area (Å²) in [5.41, 5.74) is 0.907. The fourth-order valence-corrected chi connectivity index (χ4v) is 2.13. The van der Waals surface area contributed by atoms with Gasteiger partial charge in [0, 0.05) is 17.5 Å². The average Bonchev–Trinajstić information content (AvgIpc) is 2.35. The zero-order valence-electron chi connectivity index (χ0n) is 7.65. The molecule has 0 radical (unpaired) electrons. The monoisotopic (exact) mass is 212 g/mol. The molecule has 0 bridgehead atoms. The Labute approximate surface area is 86.9 Å². The molecule has 0 amide bonds. The maximum Gasteiger partial charge on any atom is 0.164 e. The molecule has 0 saturated heterocycles. The molecule has 14 heavy (non-hydrogen) atoms. The van der Waals surface area contributed by atoms with Gasteiger partial charge in [-0.25, -0.2) is 4.39 Å². The Morgan fingerprint density at radius 2 is 1.93 bits per heavy atom. The molecule has 1 aliphatic rings. The Kier molecular flexibility index (Phi) is 2.55. The Morgan fingerprint density at radius 1 is 1.21 bits per heavy atom. The molecular weight excluding hydrogens is 203 g/mol. The number of hydrogen-bond donors (Lipinski definition) is 0. The first-order valence-electron chi connectivity index (χ1n) is 4.70. The van der Waals surface area contributed by atoms with Gasteiger partial charge in [0.05, 0.1) is 5.02 Å². The highest BCUT2D eigenvalue weighted by molar-refractivity contribution is 6.34. The smallest absolute Gasteiger partial charge is 0.164 e. The minimum absolute atomic E-state index is 0.0259. The van der Waals surface area contributed by atoms with Crippen LogP contribution in [0.5, 0.6) is 0 Å². The predicted octanol–water partition coefficient (Wildman–Crippen LogP) is 3.39. The van der Waals surface area contributed by atoms with Crippen LogP contribution in [-0.2, 0) is 6.42 Å². The van der Waals surface area contributed by atoms with Crippen LogP contribution < -0.4 is 0 Å². The molecule has 0 spiro atoms. The molecule has 1 aliphatic carbocycles. The molecule has 1 nitrogen and oxygen atoms in total. The van der Waals surface area contributed by atoms with E-state index >= 15 is 0 Å². The van der Waals surface area contributed by atoms with E-state index < -0.39 is 0 Å². The second kappa shape index (κ2) is 3.70. The maximum absolute atomic E-state index is 13.4. The minimum Gasteiger partial charge on any atom is -0.294 e. The van der Waals surface area contributed by atoms with E-state index in [1.165, 1.54) is 12.1 Å². The summed E-state index contributed by atoms with van der Waals surface area (Å²) in [6.45, 7) is 0. The van der Waals surface area contributed by atoms with Gasteiger partial charge in [-0.15, -0.1) is 0 Å². The Hall–Kier alpha value is -0.890. The molecule has 0 unspecified atom stereocenters. The van der Waals surface area contributed by atoms with Crippen LogP contribution in [0.15, 0.2) is 12.1 Å². The number of Topliss-reactive ketones (excluding diaryl/α,β-unsaturated/α-hetero) is 1. The third-order valence-electron chi connectivity index (χ3n) is 2.56. The van der Waals surface area contributed by atoms with Gasteiger partial charge < -0.3 is 0 Å². The van der Waals surface area contributed by atoms with Gasteiger partial charge in [-0.2, -0.15) is 0 Å². The van der Waals surface area contributed by atoms with Gasteiger partial charge in [0.2, 0.25) is 0 Å². The van der Waals surface area contributed by atoms with Crippen molar-refractivity contribution in [1.82, 2.24) is 0 Å². The SMILES string of the molecule is O=C1CCCCc2c(F)ccc(Cl)c21. The summed E-state index contributed by atoms with van der Waals surface area (Å²) < 4.78 is 13.4. The molecule has 3 heteroatoms. The summed E-state index contributed by atoms with van der Waals surface area (Å²) in [7, 11) is 0. The summed E-state index contributed by atoms with van der Waals surface area (Å²) in [6, 6.07) is 2.79. The van der Waals surface area contributed by atoms with Crippen LogP contribution in [0.25, 0.3) is 0 Å². The largest absolute Gasteiger partial charge is 0.294 e. The standard InChI is InChI=1S/C11H10ClFO/c12-8-5-6-9(13)7-3-1-2-4-10(14)11(7)8/h5-6H,1-4H2. The first kappa shape index (κ1) is 9.66. The molecule has 0 aliphatic heterocycles. The summed E-state index contributed by atoms with van der Waals surface area (Å²) in [4.78, 5) is 11.6. The quantitative estimate of drug-likeness (QED) is 0.603. The summed E-state index contributed by atoms with van der Waals surface area (Å²) in [6.07, 6.45) is 2.78. The maximum atomic E-state index is 13.4. The molecule has 2 rings (SSSR count). The van der Waals surface area contributed by atoms with Crippen LogP contribution in [0.1, 0.15) is 35.2 Å². The Bertz CT molecular complexity index is 387. The summed E-state index contributed by atoms with van der Waals surface area (Å²) in [5.74, 6) is -0.332. The molecule has 74 valence electrons. The number of ketones is 1. The van der Waals surface area contributed by atoms with Crippen molar-refractivity contribution in [2.24, 2.45) is 0 Å². The van der Waals surface area contributed by atoms with Crippen molar-refractivity contribution < 1.29 is 9.18 Å². The van der Waals surface area contributed by atoms with Gasteiger partial charge in [0.25, 0.3) is 0 Å². The number of fused-ring (bicyclic) bond motifs is 1. The lowest BCUT2D eigenvalue weighted by Crippen LogP contribution is -2.03. The van der Waals surface area contributed by atoms with Gasteiger partial charge in [-0.1, -0.05) is 11.6 Å². The van der Waals surface area contributed by atoms with Crippen LogP contribution in [0, 0.1) is 5.82 Å². The lowest BCUT2D eigenvalue weighted by molar-refractivity contribution is 0.0982. The summed E-state index contributed by atoms with van der Waals surface area (Å²) in [5, 5.41) is 0.383. The van der Waals surface area contributed by atoms with Crippen molar-refractivity contribution >= 4 is 17.4 Å². The molecule has 0 fully saturated rings. The highest BCUT2D eigenvalue weighted by Crippen LogP contribution is 2.28. The number of carbonyl (C=O) groups excluding carboxylic acids is 1. The van der Waals surface area contributed by atoms with E-state index in [1.807, 2.05) is 0 Å².